The summed E-state index contributed by atoms with van der Waals surface area (Å²) in [5, 5.41) is 10.5. The summed E-state index contributed by atoms with van der Waals surface area (Å²) in [6.45, 7) is 0. The zero-order valence-electron chi connectivity index (χ0n) is 10.1. The number of fused-ring (bicyclic) bond motifs is 1. The van der Waals surface area contributed by atoms with Crippen molar-refractivity contribution in [2.24, 2.45) is 0 Å². The molecule has 0 atom stereocenters. The summed E-state index contributed by atoms with van der Waals surface area (Å²) >= 11 is 0. The molecular weight excluding hydrogens is 230 g/mol. The first-order chi connectivity index (χ1) is 8.83. The topological polar surface area (TPSA) is 68.0 Å². The van der Waals surface area contributed by atoms with E-state index in [1.54, 1.807) is 18.2 Å². The predicted molar refractivity (Wildman–Crippen MR) is 66.1 cm³/mol. The Balaban J connectivity index is 1.74. The number of aromatic nitrogens is 2. The molecule has 0 aliphatic heterocycles. The van der Waals surface area contributed by atoms with Crippen molar-refractivity contribution in [1.82, 2.24) is 15.6 Å². The van der Waals surface area contributed by atoms with Crippen LogP contribution in [0.15, 0.2) is 22.8 Å². The van der Waals surface area contributed by atoms with Crippen LogP contribution in [0.25, 0.3) is 11.0 Å². The zero-order chi connectivity index (χ0) is 12.4. The van der Waals surface area contributed by atoms with Gasteiger partial charge in [0, 0.05) is 11.6 Å². The van der Waals surface area contributed by atoms with E-state index in [1.165, 1.54) is 19.3 Å². The third-order valence-electron chi connectivity index (χ3n) is 3.46. The number of benzene rings is 1. The Morgan fingerprint density at radius 1 is 1.17 bits per heavy atom. The molecule has 1 aliphatic rings. The van der Waals surface area contributed by atoms with Crippen LogP contribution in [0, 0.1) is 0 Å². The largest absolute Gasteiger partial charge is 0.349 e. The number of nitrogens with one attached hydrogen (secondary N) is 1. The summed E-state index contributed by atoms with van der Waals surface area (Å²) in [6.07, 6.45) is 5.86. The molecule has 1 fully saturated rings. The number of carbonyl (C=O) groups is 1. The Hall–Kier alpha value is -1.91. The van der Waals surface area contributed by atoms with E-state index >= 15 is 0 Å². The predicted octanol–water partition coefficient (Wildman–Crippen LogP) is 2.29. The van der Waals surface area contributed by atoms with E-state index in [4.69, 9.17) is 0 Å². The van der Waals surface area contributed by atoms with E-state index in [0.717, 1.165) is 12.8 Å². The maximum atomic E-state index is 12.1. The molecule has 1 aliphatic carbocycles. The third kappa shape index (κ3) is 2.20. The van der Waals surface area contributed by atoms with Crippen molar-refractivity contribution in [3.05, 3.63) is 23.8 Å². The molecule has 1 amide bonds. The smallest absolute Gasteiger partial charge is 0.251 e. The first-order valence-corrected chi connectivity index (χ1v) is 6.36. The van der Waals surface area contributed by atoms with Gasteiger partial charge in [0.1, 0.15) is 11.0 Å². The highest BCUT2D eigenvalue weighted by molar-refractivity contribution is 5.97. The first-order valence-electron chi connectivity index (χ1n) is 6.36. The Labute approximate surface area is 105 Å². The Bertz CT molecular complexity index is 558. The van der Waals surface area contributed by atoms with Crippen LogP contribution >= 0.6 is 0 Å². The molecule has 1 aromatic carbocycles. The lowest BCUT2D eigenvalue weighted by molar-refractivity contribution is 0.0928. The first kappa shape index (κ1) is 11.2. The van der Waals surface area contributed by atoms with Gasteiger partial charge < -0.3 is 5.32 Å². The molecule has 0 saturated heterocycles. The molecule has 5 heteroatoms. The third-order valence-corrected chi connectivity index (χ3v) is 3.46. The second-order valence-corrected chi connectivity index (χ2v) is 4.78. The number of rotatable bonds is 2. The lowest BCUT2D eigenvalue weighted by Gasteiger charge is -2.22. The fourth-order valence-electron chi connectivity index (χ4n) is 2.44. The molecule has 1 N–H and O–H groups in total. The van der Waals surface area contributed by atoms with Gasteiger partial charge in [-0.05, 0) is 41.4 Å². The van der Waals surface area contributed by atoms with E-state index in [-0.39, 0.29) is 5.91 Å². The number of hydrogen-bond acceptors (Lipinski definition) is 4. The molecule has 0 bridgehead atoms. The molecule has 0 spiro atoms. The van der Waals surface area contributed by atoms with E-state index in [2.05, 4.69) is 20.3 Å². The monoisotopic (exact) mass is 245 g/mol. The minimum atomic E-state index is -0.0354. The Morgan fingerprint density at radius 3 is 2.78 bits per heavy atom. The van der Waals surface area contributed by atoms with Gasteiger partial charge in [-0.3, -0.25) is 4.79 Å². The molecule has 5 nitrogen and oxygen atoms in total. The molecule has 18 heavy (non-hydrogen) atoms. The van der Waals surface area contributed by atoms with Crippen molar-refractivity contribution in [1.29, 1.82) is 0 Å². The second kappa shape index (κ2) is 4.76. The molecular formula is C13H15N3O2. The highest BCUT2D eigenvalue weighted by Gasteiger charge is 2.17. The molecule has 1 aromatic heterocycles. The summed E-state index contributed by atoms with van der Waals surface area (Å²) in [5.41, 5.74) is 1.90. The van der Waals surface area contributed by atoms with E-state index < -0.39 is 0 Å². The van der Waals surface area contributed by atoms with Crippen LogP contribution in [0.1, 0.15) is 42.5 Å². The Morgan fingerprint density at radius 2 is 1.94 bits per heavy atom. The van der Waals surface area contributed by atoms with Gasteiger partial charge in [-0.25, -0.2) is 4.63 Å². The van der Waals surface area contributed by atoms with Gasteiger partial charge in [0.25, 0.3) is 5.91 Å². The molecule has 3 rings (SSSR count). The van der Waals surface area contributed by atoms with Crippen molar-refractivity contribution >= 4 is 16.9 Å². The van der Waals surface area contributed by atoms with Gasteiger partial charge in [0.05, 0.1) is 0 Å². The van der Waals surface area contributed by atoms with Crippen LogP contribution in [0.5, 0.6) is 0 Å². The lowest BCUT2D eigenvalue weighted by Crippen LogP contribution is -2.36. The van der Waals surface area contributed by atoms with Crippen LogP contribution < -0.4 is 5.32 Å². The normalized spacial score (nSPS) is 16.9. The van der Waals surface area contributed by atoms with Gasteiger partial charge in [0.15, 0.2) is 0 Å². The van der Waals surface area contributed by atoms with Crippen molar-refractivity contribution in [3.63, 3.8) is 0 Å². The lowest BCUT2D eigenvalue weighted by atomic mass is 9.95. The molecule has 1 saturated carbocycles. The van der Waals surface area contributed by atoms with Gasteiger partial charge in [-0.15, -0.1) is 0 Å². The average Bonchev–Trinajstić information content (AvgIpc) is 2.87. The van der Waals surface area contributed by atoms with Crippen molar-refractivity contribution in [2.45, 2.75) is 38.1 Å². The minimum absolute atomic E-state index is 0.0354. The Kier molecular flexibility index (Phi) is 2.96. The van der Waals surface area contributed by atoms with Crippen LogP contribution in [0.4, 0.5) is 0 Å². The average molecular weight is 245 g/mol. The van der Waals surface area contributed by atoms with Gasteiger partial charge >= 0.3 is 0 Å². The van der Waals surface area contributed by atoms with Crippen LogP contribution in [0.3, 0.4) is 0 Å². The van der Waals surface area contributed by atoms with Crippen molar-refractivity contribution < 1.29 is 9.42 Å². The number of nitrogens with zero attached hydrogens (tertiary/aromatic N) is 2. The van der Waals surface area contributed by atoms with Crippen LogP contribution in [-0.2, 0) is 0 Å². The van der Waals surface area contributed by atoms with Crippen molar-refractivity contribution in [2.75, 3.05) is 0 Å². The highest BCUT2D eigenvalue weighted by atomic mass is 16.6. The number of amides is 1. The maximum Gasteiger partial charge on any atom is 0.251 e. The zero-order valence-corrected chi connectivity index (χ0v) is 10.1. The standard InChI is InChI=1S/C13H15N3O2/c17-13(14-10-4-2-1-3-5-10)9-6-7-11-12(8-9)16-18-15-11/h6-8,10H,1-5H2,(H,14,17). The number of carbonyl (C=O) groups excluding carboxylic acids is 1. The summed E-state index contributed by atoms with van der Waals surface area (Å²) < 4.78 is 4.62. The van der Waals surface area contributed by atoms with Gasteiger partial charge in [-0.2, -0.15) is 0 Å². The molecule has 2 aromatic rings. The van der Waals surface area contributed by atoms with Gasteiger partial charge in [-0.1, -0.05) is 19.3 Å². The SMILES string of the molecule is O=C(NC1CCCCC1)c1ccc2nonc2c1. The second-order valence-electron chi connectivity index (χ2n) is 4.78. The minimum Gasteiger partial charge on any atom is -0.349 e. The van der Waals surface area contributed by atoms with E-state index in [1.807, 2.05) is 0 Å². The molecule has 0 radical (unpaired) electrons. The summed E-state index contributed by atoms with van der Waals surface area (Å²) in [7, 11) is 0. The summed E-state index contributed by atoms with van der Waals surface area (Å²) in [6, 6.07) is 5.54. The maximum absolute atomic E-state index is 12.1. The van der Waals surface area contributed by atoms with Crippen LogP contribution in [0.2, 0.25) is 0 Å². The molecule has 1 heterocycles. The highest BCUT2D eigenvalue weighted by Crippen LogP contribution is 2.18. The number of hydrogen-bond donors (Lipinski definition) is 1. The molecule has 0 unspecified atom stereocenters. The molecule has 94 valence electrons. The van der Waals surface area contributed by atoms with E-state index in [0.29, 0.717) is 22.6 Å². The quantitative estimate of drug-likeness (QED) is 0.881. The van der Waals surface area contributed by atoms with Gasteiger partial charge in [0.2, 0.25) is 0 Å². The fourth-order valence-corrected chi connectivity index (χ4v) is 2.44. The van der Waals surface area contributed by atoms with Crippen molar-refractivity contribution in [3.8, 4) is 0 Å². The summed E-state index contributed by atoms with van der Waals surface area (Å²) in [4.78, 5) is 12.1. The fraction of sp³-hybridized carbons (Fsp3) is 0.462. The summed E-state index contributed by atoms with van der Waals surface area (Å²) in [5.74, 6) is -0.0354. The van der Waals surface area contributed by atoms with E-state index in [9.17, 15) is 4.79 Å². The van der Waals surface area contributed by atoms with Crippen LogP contribution in [-0.4, -0.2) is 22.3 Å².